The van der Waals surface area contributed by atoms with Gasteiger partial charge < -0.3 is 9.84 Å². The van der Waals surface area contributed by atoms with Gasteiger partial charge in [-0.25, -0.2) is 0 Å². The molecule has 7 heteroatoms. The molecule has 1 N–H and O–H groups in total. The number of hydrogen-bond acceptors (Lipinski definition) is 5. The summed E-state index contributed by atoms with van der Waals surface area (Å²) in [5.41, 5.74) is -1.33. The summed E-state index contributed by atoms with van der Waals surface area (Å²) < 4.78 is 4.47. The Morgan fingerprint density at radius 2 is 1.89 bits per heavy atom. The smallest absolute Gasteiger partial charge is 0.314 e. The van der Waals surface area contributed by atoms with Crippen molar-refractivity contribution in [2.24, 2.45) is 0 Å². The Kier molecular flexibility index (Phi) is 4.21. The first-order valence-electron chi connectivity index (χ1n) is 5.36. The SMILES string of the molecule is COC(=O)CC(C)(C(=O)O)c1ccc([N+](=O)[O-])cc1. The van der Waals surface area contributed by atoms with Gasteiger partial charge in [0.25, 0.3) is 5.69 Å². The van der Waals surface area contributed by atoms with E-state index in [9.17, 15) is 24.8 Å². The number of carbonyl (C=O) groups is 2. The molecule has 19 heavy (non-hydrogen) atoms. The maximum Gasteiger partial charge on any atom is 0.314 e. The number of rotatable bonds is 5. The highest BCUT2D eigenvalue weighted by atomic mass is 16.6. The van der Waals surface area contributed by atoms with E-state index in [1.165, 1.54) is 38.3 Å². The first kappa shape index (κ1) is 14.6. The Labute approximate surface area is 109 Å². The molecular weight excluding hydrogens is 254 g/mol. The molecule has 0 saturated carbocycles. The molecule has 0 saturated heterocycles. The minimum absolute atomic E-state index is 0.144. The number of esters is 1. The molecule has 0 aliphatic carbocycles. The Balaban J connectivity index is 3.15. The molecule has 0 radical (unpaired) electrons. The number of methoxy groups -OCH3 is 1. The van der Waals surface area contributed by atoms with Gasteiger partial charge in [-0.2, -0.15) is 0 Å². The predicted molar refractivity (Wildman–Crippen MR) is 64.7 cm³/mol. The summed E-state index contributed by atoms with van der Waals surface area (Å²) in [5.74, 6) is -1.87. The van der Waals surface area contributed by atoms with Crippen molar-refractivity contribution >= 4 is 17.6 Å². The molecule has 7 nitrogen and oxygen atoms in total. The molecule has 102 valence electrons. The average Bonchev–Trinajstić information content (AvgIpc) is 2.38. The van der Waals surface area contributed by atoms with E-state index in [-0.39, 0.29) is 12.1 Å². The lowest BCUT2D eigenvalue weighted by Crippen LogP contribution is -2.35. The van der Waals surface area contributed by atoms with Crippen molar-refractivity contribution in [3.63, 3.8) is 0 Å². The third-order valence-corrected chi connectivity index (χ3v) is 2.91. The van der Waals surface area contributed by atoms with E-state index in [1.807, 2.05) is 0 Å². The van der Waals surface area contributed by atoms with Gasteiger partial charge >= 0.3 is 11.9 Å². The number of nitro benzene ring substituents is 1. The van der Waals surface area contributed by atoms with Crippen LogP contribution in [-0.4, -0.2) is 29.1 Å². The molecule has 1 aromatic carbocycles. The van der Waals surface area contributed by atoms with Crippen LogP contribution in [0.2, 0.25) is 0 Å². The van der Waals surface area contributed by atoms with Gasteiger partial charge in [-0.1, -0.05) is 12.1 Å². The van der Waals surface area contributed by atoms with Crippen molar-refractivity contribution in [2.45, 2.75) is 18.8 Å². The zero-order chi connectivity index (χ0) is 14.6. The second-order valence-corrected chi connectivity index (χ2v) is 4.19. The molecule has 1 rings (SSSR count). The van der Waals surface area contributed by atoms with Crippen molar-refractivity contribution in [1.29, 1.82) is 0 Å². The molecule has 0 fully saturated rings. The zero-order valence-electron chi connectivity index (χ0n) is 10.5. The maximum absolute atomic E-state index is 11.4. The monoisotopic (exact) mass is 267 g/mol. The maximum atomic E-state index is 11.4. The van der Waals surface area contributed by atoms with E-state index in [1.54, 1.807) is 0 Å². The summed E-state index contributed by atoms with van der Waals surface area (Å²) >= 11 is 0. The molecule has 0 amide bonds. The minimum Gasteiger partial charge on any atom is -0.481 e. The van der Waals surface area contributed by atoms with Crippen molar-refractivity contribution in [3.05, 3.63) is 39.9 Å². The van der Waals surface area contributed by atoms with Gasteiger partial charge in [0.1, 0.15) is 5.41 Å². The Bertz CT molecular complexity index is 509. The largest absolute Gasteiger partial charge is 0.481 e. The number of carboxylic acid groups (broad SMARTS) is 1. The van der Waals surface area contributed by atoms with Crippen LogP contribution < -0.4 is 0 Å². The number of aliphatic carboxylic acids is 1. The lowest BCUT2D eigenvalue weighted by molar-refractivity contribution is -0.384. The van der Waals surface area contributed by atoms with Crippen LogP contribution in [0.25, 0.3) is 0 Å². The van der Waals surface area contributed by atoms with Gasteiger partial charge in [-0.15, -0.1) is 0 Å². The number of hydrogen-bond donors (Lipinski definition) is 1. The van der Waals surface area contributed by atoms with E-state index in [0.717, 1.165) is 0 Å². The number of nitro groups is 1. The molecule has 0 aliphatic rings. The summed E-state index contributed by atoms with van der Waals surface area (Å²) in [6, 6.07) is 5.06. The molecule has 0 aliphatic heterocycles. The highest BCUT2D eigenvalue weighted by molar-refractivity contribution is 5.87. The summed E-state index contributed by atoms with van der Waals surface area (Å²) in [4.78, 5) is 32.6. The molecule has 0 aromatic heterocycles. The van der Waals surface area contributed by atoms with E-state index in [4.69, 9.17) is 0 Å². The van der Waals surface area contributed by atoms with Crippen LogP contribution in [0.3, 0.4) is 0 Å². The van der Waals surface area contributed by atoms with Crippen LogP contribution >= 0.6 is 0 Å². The second-order valence-electron chi connectivity index (χ2n) is 4.19. The number of ether oxygens (including phenoxy) is 1. The summed E-state index contributed by atoms with van der Waals surface area (Å²) in [7, 11) is 1.17. The Hall–Kier alpha value is -2.44. The molecule has 1 atom stereocenters. The van der Waals surface area contributed by atoms with Crippen molar-refractivity contribution in [2.75, 3.05) is 7.11 Å². The molecule has 0 bridgehead atoms. The number of carboxylic acids is 1. The van der Waals surface area contributed by atoms with Gasteiger partial charge in [0.2, 0.25) is 0 Å². The minimum atomic E-state index is -1.48. The number of benzene rings is 1. The normalized spacial score (nSPS) is 13.4. The fourth-order valence-corrected chi connectivity index (χ4v) is 1.61. The van der Waals surface area contributed by atoms with E-state index in [2.05, 4.69) is 4.74 Å². The highest BCUT2D eigenvalue weighted by Gasteiger charge is 2.38. The van der Waals surface area contributed by atoms with Crippen molar-refractivity contribution < 1.29 is 24.4 Å². The van der Waals surface area contributed by atoms with Crippen LogP contribution in [0.15, 0.2) is 24.3 Å². The van der Waals surface area contributed by atoms with Crippen molar-refractivity contribution in [1.82, 2.24) is 0 Å². The predicted octanol–water partition coefficient (Wildman–Crippen LogP) is 1.50. The fraction of sp³-hybridized carbons (Fsp3) is 0.333. The van der Waals surface area contributed by atoms with Crippen LogP contribution in [0, 0.1) is 10.1 Å². The van der Waals surface area contributed by atoms with Crippen LogP contribution in [-0.2, 0) is 19.7 Å². The van der Waals surface area contributed by atoms with E-state index >= 15 is 0 Å². The quantitative estimate of drug-likeness (QED) is 0.492. The highest BCUT2D eigenvalue weighted by Crippen LogP contribution is 2.29. The first-order chi connectivity index (χ1) is 8.81. The standard InChI is InChI=1S/C12H13NO6/c1-12(11(15)16,7-10(14)19-2)8-3-5-9(6-4-8)13(17)18/h3-6H,7H2,1-2H3,(H,15,16). The van der Waals surface area contributed by atoms with Gasteiger partial charge in [-0.3, -0.25) is 19.7 Å². The van der Waals surface area contributed by atoms with Crippen LogP contribution in [0.5, 0.6) is 0 Å². The third-order valence-electron chi connectivity index (χ3n) is 2.91. The lowest BCUT2D eigenvalue weighted by Gasteiger charge is -2.23. The Morgan fingerprint density at radius 1 is 1.37 bits per heavy atom. The molecule has 0 heterocycles. The van der Waals surface area contributed by atoms with Gasteiger partial charge in [0, 0.05) is 12.1 Å². The molecule has 1 aromatic rings. The molecule has 1 unspecified atom stereocenters. The number of carbonyl (C=O) groups excluding carboxylic acids is 1. The summed E-state index contributed by atoms with van der Waals surface area (Å²) in [6.07, 6.45) is -0.351. The molecular formula is C12H13NO6. The van der Waals surface area contributed by atoms with E-state index < -0.39 is 22.3 Å². The first-order valence-corrected chi connectivity index (χ1v) is 5.36. The zero-order valence-corrected chi connectivity index (χ0v) is 10.5. The number of nitrogens with zero attached hydrogens (tertiary/aromatic N) is 1. The van der Waals surface area contributed by atoms with Gasteiger partial charge in [0.05, 0.1) is 18.5 Å². The third kappa shape index (κ3) is 3.06. The van der Waals surface area contributed by atoms with Crippen LogP contribution in [0.1, 0.15) is 18.9 Å². The molecule has 0 spiro atoms. The van der Waals surface area contributed by atoms with Gasteiger partial charge in [0.15, 0.2) is 0 Å². The van der Waals surface area contributed by atoms with Gasteiger partial charge in [-0.05, 0) is 12.5 Å². The van der Waals surface area contributed by atoms with Crippen molar-refractivity contribution in [3.8, 4) is 0 Å². The van der Waals surface area contributed by atoms with E-state index in [0.29, 0.717) is 5.56 Å². The van der Waals surface area contributed by atoms with Crippen LogP contribution in [0.4, 0.5) is 5.69 Å². The Morgan fingerprint density at radius 3 is 2.26 bits per heavy atom. The number of non-ortho nitro benzene ring substituents is 1. The summed E-state index contributed by atoms with van der Waals surface area (Å²) in [6.45, 7) is 1.37. The second kappa shape index (κ2) is 5.47. The fourth-order valence-electron chi connectivity index (χ4n) is 1.61. The lowest BCUT2D eigenvalue weighted by atomic mass is 9.79. The topological polar surface area (TPSA) is 107 Å². The average molecular weight is 267 g/mol. The summed E-state index contributed by atoms with van der Waals surface area (Å²) in [5, 5.41) is 19.8.